The third-order valence-corrected chi connectivity index (χ3v) is 7.29. The third kappa shape index (κ3) is 4.59. The maximum absolute atomic E-state index is 12.5. The van der Waals surface area contributed by atoms with E-state index in [9.17, 15) is 13.2 Å². The molecule has 2 aromatic rings. The Bertz CT molecular complexity index is 783. The zero-order chi connectivity index (χ0) is 17.7. The van der Waals surface area contributed by atoms with Gasteiger partial charge in [0.1, 0.15) is 9.96 Å². The van der Waals surface area contributed by atoms with E-state index in [-0.39, 0.29) is 18.6 Å². The predicted octanol–water partition coefficient (Wildman–Crippen LogP) is 2.10. The number of nitrogens with one attached hydrogen (secondary N) is 1. The molecule has 1 aliphatic heterocycles. The number of sulfonamides is 1. The van der Waals surface area contributed by atoms with Crippen molar-refractivity contribution in [1.29, 1.82) is 0 Å². The number of piperidine rings is 1. The minimum Gasteiger partial charge on any atom is -0.484 e. The summed E-state index contributed by atoms with van der Waals surface area (Å²) in [4.78, 5) is 12.0. The largest absolute Gasteiger partial charge is 0.484 e. The van der Waals surface area contributed by atoms with Crippen LogP contribution in [0.15, 0.2) is 52.1 Å². The molecule has 0 saturated carbocycles. The SMILES string of the molecule is O=C(COc1ccccc1)NC1CCN(S(=O)(=O)c2cccs2)CC1. The Balaban J connectivity index is 1.45. The molecule has 1 N–H and O–H groups in total. The van der Waals surface area contributed by atoms with Crippen LogP contribution in [0.2, 0.25) is 0 Å². The van der Waals surface area contributed by atoms with Crippen LogP contribution in [0.5, 0.6) is 5.75 Å². The molecule has 25 heavy (non-hydrogen) atoms. The molecule has 1 fully saturated rings. The molecular weight excluding hydrogens is 360 g/mol. The standard InChI is InChI=1S/C17H20N2O4S2/c20-16(13-23-15-5-2-1-3-6-15)18-14-8-10-19(11-9-14)25(21,22)17-7-4-12-24-17/h1-7,12,14H,8-11,13H2,(H,18,20). The van der Waals surface area contributed by atoms with E-state index in [1.165, 1.54) is 15.6 Å². The van der Waals surface area contributed by atoms with Crippen LogP contribution in [0.4, 0.5) is 0 Å². The number of ether oxygens (including phenoxy) is 1. The molecule has 0 radical (unpaired) electrons. The number of para-hydroxylation sites is 1. The Morgan fingerprint density at radius 1 is 1.16 bits per heavy atom. The summed E-state index contributed by atoms with van der Waals surface area (Å²) in [5, 5.41) is 4.67. The van der Waals surface area contributed by atoms with Gasteiger partial charge in [-0.2, -0.15) is 4.31 Å². The summed E-state index contributed by atoms with van der Waals surface area (Å²) in [5.74, 6) is 0.456. The Morgan fingerprint density at radius 2 is 1.88 bits per heavy atom. The van der Waals surface area contributed by atoms with Crippen LogP contribution >= 0.6 is 11.3 Å². The van der Waals surface area contributed by atoms with Gasteiger partial charge in [-0.3, -0.25) is 4.79 Å². The molecule has 3 rings (SSSR count). The van der Waals surface area contributed by atoms with Crippen molar-refractivity contribution in [1.82, 2.24) is 9.62 Å². The lowest BCUT2D eigenvalue weighted by Crippen LogP contribution is -2.47. The summed E-state index contributed by atoms with van der Waals surface area (Å²) in [7, 11) is -3.40. The highest BCUT2D eigenvalue weighted by molar-refractivity contribution is 7.91. The molecule has 134 valence electrons. The van der Waals surface area contributed by atoms with Gasteiger partial charge in [-0.1, -0.05) is 24.3 Å². The second-order valence-electron chi connectivity index (χ2n) is 5.78. The van der Waals surface area contributed by atoms with Gasteiger partial charge in [0.05, 0.1) is 0 Å². The van der Waals surface area contributed by atoms with Crippen LogP contribution in [0.1, 0.15) is 12.8 Å². The molecule has 1 aromatic heterocycles. The minimum absolute atomic E-state index is 0.0262. The lowest BCUT2D eigenvalue weighted by atomic mass is 10.1. The summed E-state index contributed by atoms with van der Waals surface area (Å²) in [6, 6.07) is 12.5. The van der Waals surface area contributed by atoms with Crippen LogP contribution < -0.4 is 10.1 Å². The fourth-order valence-electron chi connectivity index (χ4n) is 2.71. The van der Waals surface area contributed by atoms with Crippen molar-refractivity contribution < 1.29 is 17.9 Å². The van der Waals surface area contributed by atoms with Gasteiger partial charge in [0, 0.05) is 19.1 Å². The topological polar surface area (TPSA) is 75.7 Å². The molecule has 6 nitrogen and oxygen atoms in total. The van der Waals surface area contributed by atoms with Crippen molar-refractivity contribution in [2.75, 3.05) is 19.7 Å². The van der Waals surface area contributed by atoms with E-state index < -0.39 is 10.0 Å². The van der Waals surface area contributed by atoms with Crippen molar-refractivity contribution in [3.05, 3.63) is 47.8 Å². The summed E-state index contributed by atoms with van der Waals surface area (Å²) in [5.41, 5.74) is 0. The second kappa shape index (κ2) is 7.99. The first-order valence-corrected chi connectivity index (χ1v) is 10.4. The molecule has 0 unspecified atom stereocenters. The molecule has 2 heterocycles. The van der Waals surface area contributed by atoms with Crippen LogP contribution in [-0.2, 0) is 14.8 Å². The van der Waals surface area contributed by atoms with E-state index in [2.05, 4.69) is 5.32 Å². The molecule has 0 spiro atoms. The van der Waals surface area contributed by atoms with Crippen molar-refractivity contribution in [2.24, 2.45) is 0 Å². The Morgan fingerprint density at radius 3 is 2.52 bits per heavy atom. The van der Waals surface area contributed by atoms with Crippen LogP contribution in [0.25, 0.3) is 0 Å². The third-order valence-electron chi connectivity index (χ3n) is 4.02. The van der Waals surface area contributed by atoms with Gasteiger partial charge in [-0.15, -0.1) is 11.3 Å². The minimum atomic E-state index is -3.40. The molecule has 1 aromatic carbocycles. The lowest BCUT2D eigenvalue weighted by molar-refractivity contribution is -0.124. The van der Waals surface area contributed by atoms with E-state index in [1.807, 2.05) is 18.2 Å². The maximum Gasteiger partial charge on any atom is 0.258 e. The zero-order valence-electron chi connectivity index (χ0n) is 13.6. The van der Waals surface area contributed by atoms with Gasteiger partial charge < -0.3 is 10.1 Å². The molecular formula is C17H20N2O4S2. The molecule has 1 amide bonds. The van der Waals surface area contributed by atoms with Crippen LogP contribution in [0.3, 0.4) is 0 Å². The monoisotopic (exact) mass is 380 g/mol. The number of hydrogen-bond donors (Lipinski definition) is 1. The first-order valence-electron chi connectivity index (χ1n) is 8.06. The number of benzene rings is 1. The highest BCUT2D eigenvalue weighted by Crippen LogP contribution is 2.24. The van der Waals surface area contributed by atoms with Gasteiger partial charge in [0.2, 0.25) is 0 Å². The Hall–Kier alpha value is -1.90. The average Bonchev–Trinajstić information content (AvgIpc) is 3.17. The second-order valence-corrected chi connectivity index (χ2v) is 8.89. The molecule has 8 heteroatoms. The van der Waals surface area contributed by atoms with Crippen molar-refractivity contribution >= 4 is 27.3 Å². The van der Waals surface area contributed by atoms with Crippen molar-refractivity contribution in [3.63, 3.8) is 0 Å². The van der Waals surface area contributed by atoms with Gasteiger partial charge in [-0.05, 0) is 36.4 Å². The zero-order valence-corrected chi connectivity index (χ0v) is 15.3. The summed E-state index contributed by atoms with van der Waals surface area (Å²) in [6.45, 7) is 0.771. The van der Waals surface area contributed by atoms with Gasteiger partial charge in [0.25, 0.3) is 15.9 Å². The summed E-state index contributed by atoms with van der Waals surface area (Å²) in [6.07, 6.45) is 1.20. The molecule has 0 bridgehead atoms. The summed E-state index contributed by atoms with van der Waals surface area (Å²) < 4.78 is 32.2. The lowest BCUT2D eigenvalue weighted by Gasteiger charge is -2.31. The molecule has 1 aliphatic rings. The molecule has 0 aliphatic carbocycles. The van der Waals surface area contributed by atoms with E-state index >= 15 is 0 Å². The number of amides is 1. The Labute approximate surface area is 151 Å². The van der Waals surface area contributed by atoms with E-state index in [1.54, 1.807) is 29.6 Å². The van der Waals surface area contributed by atoms with E-state index in [4.69, 9.17) is 4.74 Å². The average molecular weight is 380 g/mol. The molecule has 0 atom stereocenters. The van der Waals surface area contributed by atoms with Crippen molar-refractivity contribution in [2.45, 2.75) is 23.1 Å². The van der Waals surface area contributed by atoms with E-state index in [0.717, 1.165) is 0 Å². The summed E-state index contributed by atoms with van der Waals surface area (Å²) >= 11 is 1.22. The van der Waals surface area contributed by atoms with Gasteiger partial charge >= 0.3 is 0 Å². The number of hydrogen-bond acceptors (Lipinski definition) is 5. The van der Waals surface area contributed by atoms with Crippen molar-refractivity contribution in [3.8, 4) is 5.75 Å². The number of rotatable bonds is 6. The number of carbonyl (C=O) groups is 1. The fourth-order valence-corrected chi connectivity index (χ4v) is 5.33. The smallest absolute Gasteiger partial charge is 0.258 e. The number of carbonyl (C=O) groups excluding carboxylic acids is 1. The van der Waals surface area contributed by atoms with Crippen LogP contribution in [-0.4, -0.2) is 44.4 Å². The quantitative estimate of drug-likeness (QED) is 0.833. The van der Waals surface area contributed by atoms with Crippen LogP contribution in [0, 0.1) is 0 Å². The maximum atomic E-state index is 12.5. The van der Waals surface area contributed by atoms with E-state index in [0.29, 0.717) is 35.9 Å². The Kier molecular flexibility index (Phi) is 5.72. The highest BCUT2D eigenvalue weighted by Gasteiger charge is 2.30. The highest BCUT2D eigenvalue weighted by atomic mass is 32.2. The number of nitrogens with zero attached hydrogens (tertiary/aromatic N) is 1. The number of thiophene rings is 1. The fraction of sp³-hybridized carbons (Fsp3) is 0.353. The predicted molar refractivity (Wildman–Crippen MR) is 96.2 cm³/mol. The molecule has 1 saturated heterocycles. The first-order chi connectivity index (χ1) is 12.1. The van der Waals surface area contributed by atoms with Gasteiger partial charge in [0.15, 0.2) is 6.61 Å². The first kappa shape index (κ1) is 17.9. The normalized spacial score (nSPS) is 16.5. The van der Waals surface area contributed by atoms with Gasteiger partial charge in [-0.25, -0.2) is 8.42 Å².